The largest absolute Gasteiger partial charge is 0.448 e. The van der Waals surface area contributed by atoms with Crippen molar-refractivity contribution in [3.8, 4) is 0 Å². The lowest BCUT2D eigenvalue weighted by Gasteiger charge is -2.24. The molecule has 0 aliphatic carbocycles. The second-order valence-electron chi connectivity index (χ2n) is 5.43. The maximum atomic E-state index is 12.2. The molecule has 0 aromatic heterocycles. The van der Waals surface area contributed by atoms with E-state index in [4.69, 9.17) is 16.3 Å². The Bertz CT molecular complexity index is 730. The van der Waals surface area contributed by atoms with E-state index in [9.17, 15) is 9.59 Å². The van der Waals surface area contributed by atoms with Gasteiger partial charge >= 0.3 is 5.97 Å². The van der Waals surface area contributed by atoms with Crippen LogP contribution in [0.5, 0.6) is 0 Å². The minimum Gasteiger partial charge on any atom is -0.448 e. The molecular formula is C18H16ClNO3. The van der Waals surface area contributed by atoms with Crippen molar-refractivity contribution in [3.63, 3.8) is 0 Å². The Morgan fingerprint density at radius 1 is 1.22 bits per heavy atom. The highest BCUT2D eigenvalue weighted by Gasteiger charge is 2.31. The predicted octanol–water partition coefficient (Wildman–Crippen LogP) is 2.78. The van der Waals surface area contributed by atoms with E-state index in [0.29, 0.717) is 23.6 Å². The van der Waals surface area contributed by atoms with Crippen molar-refractivity contribution in [2.24, 2.45) is 0 Å². The van der Waals surface area contributed by atoms with Gasteiger partial charge in [0.05, 0.1) is 5.56 Å². The molecule has 0 bridgehead atoms. The molecule has 0 radical (unpaired) electrons. The van der Waals surface area contributed by atoms with Crippen LogP contribution in [0.15, 0.2) is 48.5 Å². The number of fused-ring (bicyclic) bond motifs is 1. The average Bonchev–Trinajstić information content (AvgIpc) is 2.56. The van der Waals surface area contributed by atoms with Gasteiger partial charge in [-0.1, -0.05) is 48.0 Å². The quantitative estimate of drug-likeness (QED) is 0.878. The molecule has 1 aliphatic heterocycles. The summed E-state index contributed by atoms with van der Waals surface area (Å²) < 4.78 is 5.22. The molecule has 23 heavy (non-hydrogen) atoms. The number of rotatable bonds is 4. The standard InChI is InChI=1S/C18H16ClNO3/c19-14-7-6-13-10-16(23-18(22)15(13)11-14)17(21)20-9-8-12-4-2-1-3-5-12/h1-7,11,16H,8-10H2,(H,20,21)/t16-/m1/s1. The van der Waals surface area contributed by atoms with Crippen molar-refractivity contribution in [2.45, 2.75) is 18.9 Å². The maximum Gasteiger partial charge on any atom is 0.339 e. The van der Waals surface area contributed by atoms with Crippen LogP contribution in [0.25, 0.3) is 0 Å². The second-order valence-corrected chi connectivity index (χ2v) is 5.86. The van der Waals surface area contributed by atoms with Crippen LogP contribution in [0, 0.1) is 0 Å². The van der Waals surface area contributed by atoms with E-state index < -0.39 is 12.1 Å². The van der Waals surface area contributed by atoms with Crippen LogP contribution in [-0.4, -0.2) is 24.5 Å². The summed E-state index contributed by atoms with van der Waals surface area (Å²) in [6, 6.07) is 14.9. The molecule has 0 spiro atoms. The number of hydrogen-bond acceptors (Lipinski definition) is 3. The molecule has 0 saturated heterocycles. The van der Waals surface area contributed by atoms with E-state index in [1.165, 1.54) is 0 Å². The van der Waals surface area contributed by atoms with Crippen LogP contribution in [0.4, 0.5) is 0 Å². The highest BCUT2D eigenvalue weighted by Crippen LogP contribution is 2.24. The van der Waals surface area contributed by atoms with Crippen LogP contribution in [0.1, 0.15) is 21.5 Å². The number of cyclic esters (lactones) is 1. The van der Waals surface area contributed by atoms with Gasteiger partial charge in [-0.15, -0.1) is 0 Å². The third kappa shape index (κ3) is 3.71. The van der Waals surface area contributed by atoms with Crippen molar-refractivity contribution >= 4 is 23.5 Å². The molecule has 0 fully saturated rings. The minimum absolute atomic E-state index is 0.269. The molecule has 1 aliphatic rings. The first-order valence-electron chi connectivity index (χ1n) is 7.44. The molecule has 4 nitrogen and oxygen atoms in total. The number of halogens is 1. The number of carbonyl (C=O) groups is 2. The zero-order valence-corrected chi connectivity index (χ0v) is 13.2. The van der Waals surface area contributed by atoms with Gasteiger partial charge in [0, 0.05) is 18.0 Å². The fraction of sp³-hybridized carbons (Fsp3) is 0.222. The van der Waals surface area contributed by atoms with E-state index in [0.717, 1.165) is 17.5 Å². The lowest BCUT2D eigenvalue weighted by molar-refractivity contribution is -0.130. The number of esters is 1. The van der Waals surface area contributed by atoms with Crippen molar-refractivity contribution in [1.29, 1.82) is 0 Å². The normalized spacial score (nSPS) is 16.4. The van der Waals surface area contributed by atoms with Crippen molar-refractivity contribution < 1.29 is 14.3 Å². The molecular weight excluding hydrogens is 314 g/mol. The maximum absolute atomic E-state index is 12.2. The summed E-state index contributed by atoms with van der Waals surface area (Å²) in [6.07, 6.45) is 0.321. The first kappa shape index (κ1) is 15.6. The smallest absolute Gasteiger partial charge is 0.339 e. The summed E-state index contributed by atoms with van der Waals surface area (Å²) in [4.78, 5) is 24.2. The summed E-state index contributed by atoms with van der Waals surface area (Å²) in [5.41, 5.74) is 2.37. The lowest BCUT2D eigenvalue weighted by atomic mass is 9.98. The van der Waals surface area contributed by atoms with Gasteiger partial charge in [-0.05, 0) is 29.7 Å². The first-order chi connectivity index (χ1) is 11.1. The number of benzene rings is 2. The van der Waals surface area contributed by atoms with Crippen LogP contribution < -0.4 is 5.32 Å². The highest BCUT2D eigenvalue weighted by atomic mass is 35.5. The SMILES string of the molecule is O=C1O[C@@H](C(=O)NCCc2ccccc2)Cc2ccc(Cl)cc21. The van der Waals surface area contributed by atoms with E-state index in [2.05, 4.69) is 5.32 Å². The molecule has 5 heteroatoms. The topological polar surface area (TPSA) is 55.4 Å². The molecule has 3 rings (SSSR count). The molecule has 1 amide bonds. The van der Waals surface area contributed by atoms with Gasteiger partial charge in [0.15, 0.2) is 6.10 Å². The summed E-state index contributed by atoms with van der Waals surface area (Å²) in [5.74, 6) is -0.771. The molecule has 2 aromatic carbocycles. The van der Waals surface area contributed by atoms with Crippen LogP contribution in [0.2, 0.25) is 5.02 Å². The van der Waals surface area contributed by atoms with E-state index >= 15 is 0 Å². The van der Waals surface area contributed by atoms with Gasteiger partial charge < -0.3 is 10.1 Å². The first-order valence-corrected chi connectivity index (χ1v) is 7.82. The van der Waals surface area contributed by atoms with Gasteiger partial charge in [0.25, 0.3) is 5.91 Å². The molecule has 0 saturated carbocycles. The summed E-state index contributed by atoms with van der Waals surface area (Å²) in [5, 5.41) is 3.30. The van der Waals surface area contributed by atoms with Crippen molar-refractivity contribution in [3.05, 3.63) is 70.2 Å². The second kappa shape index (κ2) is 6.84. The fourth-order valence-electron chi connectivity index (χ4n) is 2.59. The molecule has 2 aromatic rings. The molecule has 1 N–H and O–H groups in total. The third-order valence-corrected chi connectivity index (χ3v) is 4.03. The van der Waals surface area contributed by atoms with Crippen molar-refractivity contribution in [1.82, 2.24) is 5.32 Å². The highest BCUT2D eigenvalue weighted by molar-refractivity contribution is 6.31. The van der Waals surface area contributed by atoms with Crippen LogP contribution in [0.3, 0.4) is 0 Å². The van der Waals surface area contributed by atoms with E-state index in [1.807, 2.05) is 30.3 Å². The molecule has 1 heterocycles. The Kier molecular flexibility index (Phi) is 4.63. The lowest BCUT2D eigenvalue weighted by Crippen LogP contribution is -2.42. The average molecular weight is 330 g/mol. The third-order valence-electron chi connectivity index (χ3n) is 3.79. The zero-order chi connectivity index (χ0) is 16.2. The zero-order valence-electron chi connectivity index (χ0n) is 12.4. The number of amides is 1. The summed E-state index contributed by atoms with van der Waals surface area (Å²) in [6.45, 7) is 0.504. The summed E-state index contributed by atoms with van der Waals surface area (Å²) in [7, 11) is 0. The Morgan fingerprint density at radius 3 is 2.78 bits per heavy atom. The summed E-state index contributed by atoms with van der Waals surface area (Å²) >= 11 is 5.88. The number of ether oxygens (including phenoxy) is 1. The van der Waals surface area contributed by atoms with Crippen LogP contribution in [-0.2, 0) is 22.4 Å². The minimum atomic E-state index is -0.785. The van der Waals surface area contributed by atoms with Crippen LogP contribution >= 0.6 is 11.6 Å². The molecule has 0 unspecified atom stereocenters. The Balaban J connectivity index is 1.58. The van der Waals surface area contributed by atoms with E-state index in [1.54, 1.807) is 18.2 Å². The monoisotopic (exact) mass is 329 g/mol. The van der Waals surface area contributed by atoms with E-state index in [-0.39, 0.29) is 5.91 Å². The number of nitrogens with one attached hydrogen (secondary N) is 1. The van der Waals surface area contributed by atoms with Gasteiger partial charge in [-0.2, -0.15) is 0 Å². The fourth-order valence-corrected chi connectivity index (χ4v) is 2.76. The number of carbonyl (C=O) groups excluding carboxylic acids is 2. The number of hydrogen-bond donors (Lipinski definition) is 1. The van der Waals surface area contributed by atoms with Gasteiger partial charge in [-0.25, -0.2) is 4.79 Å². The van der Waals surface area contributed by atoms with Crippen molar-refractivity contribution in [2.75, 3.05) is 6.54 Å². The van der Waals surface area contributed by atoms with Gasteiger partial charge in [0.1, 0.15) is 0 Å². The Morgan fingerprint density at radius 2 is 2.00 bits per heavy atom. The van der Waals surface area contributed by atoms with Gasteiger partial charge in [0.2, 0.25) is 0 Å². The predicted molar refractivity (Wildman–Crippen MR) is 87.5 cm³/mol. The molecule has 1 atom stereocenters. The Labute approximate surface area is 139 Å². The molecule has 118 valence electrons. The Hall–Kier alpha value is -2.33. The van der Waals surface area contributed by atoms with Gasteiger partial charge in [-0.3, -0.25) is 4.79 Å².